The fourth-order valence-corrected chi connectivity index (χ4v) is 1.49. The van der Waals surface area contributed by atoms with Crippen molar-refractivity contribution in [1.29, 1.82) is 0 Å². The van der Waals surface area contributed by atoms with Crippen LogP contribution < -0.4 is 5.32 Å². The van der Waals surface area contributed by atoms with E-state index in [1.165, 1.54) is 12.1 Å². The highest BCUT2D eigenvalue weighted by atomic mass is 19.1. The minimum atomic E-state index is -1.07. The third-order valence-corrected chi connectivity index (χ3v) is 3.09. The summed E-state index contributed by atoms with van der Waals surface area (Å²) in [6.45, 7) is 2.59. The van der Waals surface area contributed by atoms with Crippen molar-refractivity contribution in [2.45, 2.75) is 25.8 Å². The van der Waals surface area contributed by atoms with Crippen molar-refractivity contribution in [2.75, 3.05) is 13.2 Å². The van der Waals surface area contributed by atoms with Crippen molar-refractivity contribution in [3.8, 4) is 0 Å². The number of amides is 1. The summed E-state index contributed by atoms with van der Waals surface area (Å²) in [5, 5.41) is 21.0. The number of nitrogens with one attached hydrogen (secondary N) is 1. The molecule has 0 aliphatic heterocycles. The van der Waals surface area contributed by atoms with Gasteiger partial charge in [0.05, 0.1) is 18.8 Å². The zero-order valence-corrected chi connectivity index (χ0v) is 10.5. The Morgan fingerprint density at radius 2 is 2.00 bits per heavy atom. The topological polar surface area (TPSA) is 69.6 Å². The summed E-state index contributed by atoms with van der Waals surface area (Å²) in [4.78, 5) is 11.9. The van der Waals surface area contributed by atoms with Crippen LogP contribution in [0.4, 0.5) is 4.39 Å². The highest BCUT2D eigenvalue weighted by Crippen LogP contribution is 2.13. The Kier molecular flexibility index (Phi) is 4.81. The molecule has 1 aromatic carbocycles. The smallest absolute Gasteiger partial charge is 0.251 e. The van der Waals surface area contributed by atoms with Gasteiger partial charge >= 0.3 is 0 Å². The number of hydrogen-bond donors (Lipinski definition) is 3. The highest BCUT2D eigenvalue weighted by Gasteiger charge is 2.29. The van der Waals surface area contributed by atoms with Crippen LogP contribution in [0.3, 0.4) is 0 Å². The van der Waals surface area contributed by atoms with E-state index >= 15 is 0 Å². The van der Waals surface area contributed by atoms with E-state index in [2.05, 4.69) is 5.32 Å². The van der Waals surface area contributed by atoms with Gasteiger partial charge in [-0.05, 0) is 31.0 Å². The Morgan fingerprint density at radius 3 is 2.44 bits per heavy atom. The second-order valence-electron chi connectivity index (χ2n) is 4.37. The van der Waals surface area contributed by atoms with Gasteiger partial charge in [0.25, 0.3) is 5.91 Å². The van der Waals surface area contributed by atoms with Crippen molar-refractivity contribution in [3.63, 3.8) is 0 Å². The lowest BCUT2D eigenvalue weighted by atomic mass is 9.97. The average Bonchev–Trinajstić information content (AvgIpc) is 2.39. The predicted octanol–water partition coefficient (Wildman–Crippen LogP) is 0.997. The molecule has 100 valence electrons. The SMILES string of the molecule is CCC(CO)(CO)NC(=O)c1ccc(C)c(F)c1. The van der Waals surface area contributed by atoms with Crippen molar-refractivity contribution in [1.82, 2.24) is 5.32 Å². The van der Waals surface area contributed by atoms with E-state index in [4.69, 9.17) is 0 Å². The normalized spacial score (nSPS) is 11.4. The number of hydrogen-bond acceptors (Lipinski definition) is 3. The molecule has 4 nitrogen and oxygen atoms in total. The van der Waals surface area contributed by atoms with Crippen LogP contribution in [0.15, 0.2) is 18.2 Å². The zero-order chi connectivity index (χ0) is 13.8. The molecule has 0 heterocycles. The van der Waals surface area contributed by atoms with Crippen LogP contribution in [0.5, 0.6) is 0 Å². The maximum absolute atomic E-state index is 13.3. The number of benzene rings is 1. The summed E-state index contributed by atoms with van der Waals surface area (Å²) >= 11 is 0. The Balaban J connectivity index is 2.90. The van der Waals surface area contributed by atoms with Gasteiger partial charge < -0.3 is 15.5 Å². The molecule has 0 aromatic heterocycles. The molecule has 0 fully saturated rings. The minimum Gasteiger partial charge on any atom is -0.394 e. The van der Waals surface area contributed by atoms with Gasteiger partial charge in [0.15, 0.2) is 0 Å². The van der Waals surface area contributed by atoms with E-state index in [0.29, 0.717) is 12.0 Å². The molecule has 0 saturated carbocycles. The van der Waals surface area contributed by atoms with Crippen LogP contribution in [0, 0.1) is 12.7 Å². The highest BCUT2D eigenvalue weighted by molar-refractivity contribution is 5.94. The summed E-state index contributed by atoms with van der Waals surface area (Å²) in [5.41, 5.74) is -0.450. The number of rotatable bonds is 5. The summed E-state index contributed by atoms with van der Waals surface area (Å²) in [6, 6.07) is 4.15. The third kappa shape index (κ3) is 3.05. The molecule has 1 rings (SSSR count). The molecule has 1 amide bonds. The van der Waals surface area contributed by atoms with E-state index in [9.17, 15) is 19.4 Å². The molecule has 0 atom stereocenters. The first-order chi connectivity index (χ1) is 8.48. The number of halogens is 1. The van der Waals surface area contributed by atoms with Crippen molar-refractivity contribution >= 4 is 5.91 Å². The second-order valence-corrected chi connectivity index (χ2v) is 4.37. The maximum Gasteiger partial charge on any atom is 0.251 e. The van der Waals surface area contributed by atoms with E-state index < -0.39 is 17.3 Å². The summed E-state index contributed by atoms with van der Waals surface area (Å²) in [7, 11) is 0. The Hall–Kier alpha value is -1.46. The molecule has 1 aromatic rings. The molecule has 0 spiro atoms. The molecule has 0 saturated heterocycles. The first kappa shape index (κ1) is 14.6. The maximum atomic E-state index is 13.3. The Morgan fingerprint density at radius 1 is 1.39 bits per heavy atom. The number of aliphatic hydroxyl groups excluding tert-OH is 2. The molecule has 0 aliphatic rings. The minimum absolute atomic E-state index is 0.165. The fourth-order valence-electron chi connectivity index (χ4n) is 1.49. The molecule has 0 radical (unpaired) electrons. The van der Waals surface area contributed by atoms with Gasteiger partial charge in [-0.2, -0.15) is 0 Å². The summed E-state index contributed by atoms with van der Waals surface area (Å²) < 4.78 is 13.3. The van der Waals surface area contributed by atoms with Gasteiger partial charge in [0, 0.05) is 5.56 Å². The number of aryl methyl sites for hydroxylation is 1. The molecule has 0 bridgehead atoms. The van der Waals surface area contributed by atoms with Gasteiger partial charge in [0.2, 0.25) is 0 Å². The van der Waals surface area contributed by atoms with Crippen molar-refractivity contribution in [2.24, 2.45) is 0 Å². The van der Waals surface area contributed by atoms with Crippen LogP contribution in [-0.2, 0) is 0 Å². The molecule has 5 heteroatoms. The van der Waals surface area contributed by atoms with Gasteiger partial charge in [-0.3, -0.25) is 4.79 Å². The van der Waals surface area contributed by atoms with Crippen molar-refractivity contribution in [3.05, 3.63) is 35.1 Å². The van der Waals surface area contributed by atoms with E-state index in [1.54, 1.807) is 13.8 Å². The van der Waals surface area contributed by atoms with Gasteiger partial charge in [-0.15, -0.1) is 0 Å². The third-order valence-electron chi connectivity index (χ3n) is 3.09. The Bertz CT molecular complexity index is 422. The van der Waals surface area contributed by atoms with E-state index in [-0.39, 0.29) is 18.8 Å². The van der Waals surface area contributed by atoms with E-state index in [1.807, 2.05) is 0 Å². The summed E-state index contributed by atoms with van der Waals surface area (Å²) in [5.74, 6) is -0.975. The lowest BCUT2D eigenvalue weighted by molar-refractivity contribution is 0.0652. The lowest BCUT2D eigenvalue weighted by Crippen LogP contribution is -2.53. The van der Waals surface area contributed by atoms with E-state index in [0.717, 1.165) is 6.07 Å². The average molecular weight is 255 g/mol. The van der Waals surface area contributed by atoms with Gasteiger partial charge in [0.1, 0.15) is 5.82 Å². The van der Waals surface area contributed by atoms with Gasteiger partial charge in [-0.25, -0.2) is 4.39 Å². The molecule has 0 unspecified atom stereocenters. The lowest BCUT2D eigenvalue weighted by Gasteiger charge is -2.29. The fraction of sp³-hybridized carbons (Fsp3) is 0.462. The predicted molar refractivity (Wildman–Crippen MR) is 65.8 cm³/mol. The largest absolute Gasteiger partial charge is 0.394 e. The number of carbonyl (C=O) groups is 1. The second kappa shape index (κ2) is 5.93. The zero-order valence-electron chi connectivity index (χ0n) is 10.5. The quantitative estimate of drug-likeness (QED) is 0.735. The number of carbonyl (C=O) groups excluding carboxylic acids is 1. The van der Waals surface area contributed by atoms with Crippen LogP contribution >= 0.6 is 0 Å². The summed E-state index contributed by atoms with van der Waals surface area (Å²) in [6.07, 6.45) is 0.375. The van der Waals surface area contributed by atoms with Crippen molar-refractivity contribution < 1.29 is 19.4 Å². The first-order valence-electron chi connectivity index (χ1n) is 5.78. The first-order valence-corrected chi connectivity index (χ1v) is 5.78. The van der Waals surface area contributed by atoms with Crippen LogP contribution in [0.2, 0.25) is 0 Å². The van der Waals surface area contributed by atoms with Crippen LogP contribution in [0.25, 0.3) is 0 Å². The van der Waals surface area contributed by atoms with Crippen LogP contribution in [-0.4, -0.2) is 34.9 Å². The molecule has 18 heavy (non-hydrogen) atoms. The van der Waals surface area contributed by atoms with Crippen LogP contribution in [0.1, 0.15) is 29.3 Å². The molecular formula is C13H18FNO3. The molecule has 3 N–H and O–H groups in total. The monoisotopic (exact) mass is 255 g/mol. The molecular weight excluding hydrogens is 237 g/mol. The molecule has 0 aliphatic carbocycles. The Labute approximate surface area is 105 Å². The number of aliphatic hydroxyl groups is 2. The van der Waals surface area contributed by atoms with Gasteiger partial charge in [-0.1, -0.05) is 13.0 Å². The standard InChI is InChI=1S/C13H18FNO3/c1-3-13(7-16,8-17)15-12(18)10-5-4-9(2)11(14)6-10/h4-6,16-17H,3,7-8H2,1-2H3,(H,15,18).